The molecular formula is C21H22ClN5O4S. The maximum atomic E-state index is 12.9. The molecule has 0 bridgehead atoms. The van der Waals surface area contributed by atoms with Crippen LogP contribution >= 0.6 is 23.4 Å². The van der Waals surface area contributed by atoms with Crippen LogP contribution in [0.4, 0.5) is 0 Å². The molecule has 2 aromatic heterocycles. The van der Waals surface area contributed by atoms with Gasteiger partial charge in [0, 0.05) is 37.8 Å². The Morgan fingerprint density at radius 3 is 2.66 bits per heavy atom. The molecule has 1 aliphatic heterocycles. The van der Waals surface area contributed by atoms with Crippen LogP contribution in [-0.4, -0.2) is 50.0 Å². The Morgan fingerprint density at radius 1 is 1.22 bits per heavy atom. The molecule has 0 saturated carbocycles. The second-order valence-electron chi connectivity index (χ2n) is 7.49. The molecule has 1 aromatic carbocycles. The fourth-order valence-corrected chi connectivity index (χ4v) is 4.45. The third-order valence-corrected chi connectivity index (χ3v) is 6.49. The molecule has 11 heteroatoms. The zero-order valence-corrected chi connectivity index (χ0v) is 19.2. The van der Waals surface area contributed by atoms with Crippen molar-refractivity contribution in [1.82, 2.24) is 24.4 Å². The normalized spacial score (nSPS) is 15.9. The number of fused-ring (bicyclic) bond motifs is 1. The molecule has 1 unspecified atom stereocenters. The van der Waals surface area contributed by atoms with Gasteiger partial charge in [-0.25, -0.2) is 14.8 Å². The lowest BCUT2D eigenvalue weighted by Crippen LogP contribution is -2.38. The van der Waals surface area contributed by atoms with E-state index in [4.69, 9.17) is 16.3 Å². The monoisotopic (exact) mass is 475 g/mol. The maximum Gasteiger partial charge on any atom is 0.332 e. The van der Waals surface area contributed by atoms with Crippen LogP contribution in [0, 0.1) is 0 Å². The standard InChI is InChI=1S/C21H22ClN5O4S/c1-26-18-16(20(29)27(2)21(26)30)19(25-17(24-18)12-5-7-13(22)8-6-12)32-11-15(28)23-10-14-4-3-9-31-14/h5-8,14H,3-4,9-11H2,1-2H3,(H,23,28). The molecule has 0 radical (unpaired) electrons. The lowest BCUT2D eigenvalue weighted by atomic mass is 10.2. The number of carbonyl (C=O) groups is 1. The van der Waals surface area contributed by atoms with E-state index in [0.29, 0.717) is 28.0 Å². The third-order valence-electron chi connectivity index (χ3n) is 5.26. The minimum atomic E-state index is -0.506. The van der Waals surface area contributed by atoms with Crippen LogP contribution < -0.4 is 16.6 Å². The largest absolute Gasteiger partial charge is 0.376 e. The Bertz CT molecular complexity index is 1280. The molecule has 1 aliphatic rings. The topological polar surface area (TPSA) is 108 Å². The van der Waals surface area contributed by atoms with E-state index in [1.54, 1.807) is 31.3 Å². The Balaban J connectivity index is 1.70. The Kier molecular flexibility index (Phi) is 6.63. The predicted octanol–water partition coefficient (Wildman–Crippen LogP) is 1.73. The van der Waals surface area contributed by atoms with Crippen LogP contribution in [0.15, 0.2) is 38.9 Å². The number of aromatic nitrogens is 4. The molecule has 3 heterocycles. The summed E-state index contributed by atoms with van der Waals surface area (Å²) in [6.45, 7) is 1.17. The van der Waals surface area contributed by atoms with Gasteiger partial charge in [-0.15, -0.1) is 0 Å². The summed E-state index contributed by atoms with van der Waals surface area (Å²) in [5.74, 6) is 0.205. The zero-order valence-electron chi connectivity index (χ0n) is 17.6. The van der Waals surface area contributed by atoms with Crippen LogP contribution in [0.25, 0.3) is 22.4 Å². The van der Waals surface area contributed by atoms with E-state index >= 15 is 0 Å². The van der Waals surface area contributed by atoms with Crippen molar-refractivity contribution in [2.45, 2.75) is 24.0 Å². The number of benzene rings is 1. The molecular weight excluding hydrogens is 454 g/mol. The van der Waals surface area contributed by atoms with Crippen molar-refractivity contribution >= 4 is 40.3 Å². The summed E-state index contributed by atoms with van der Waals surface area (Å²) in [4.78, 5) is 46.8. The van der Waals surface area contributed by atoms with E-state index in [1.807, 2.05) is 0 Å². The number of rotatable bonds is 6. The molecule has 0 aliphatic carbocycles. The van der Waals surface area contributed by atoms with Gasteiger partial charge >= 0.3 is 5.69 Å². The minimum absolute atomic E-state index is 0.0437. The summed E-state index contributed by atoms with van der Waals surface area (Å²) in [6.07, 6.45) is 1.97. The first-order valence-corrected chi connectivity index (χ1v) is 11.5. The minimum Gasteiger partial charge on any atom is -0.376 e. The highest BCUT2D eigenvalue weighted by Crippen LogP contribution is 2.26. The maximum absolute atomic E-state index is 12.9. The summed E-state index contributed by atoms with van der Waals surface area (Å²) in [5.41, 5.74) is -0.115. The van der Waals surface area contributed by atoms with Gasteiger partial charge in [0.15, 0.2) is 11.5 Å². The summed E-state index contributed by atoms with van der Waals surface area (Å²) in [6, 6.07) is 6.93. The van der Waals surface area contributed by atoms with E-state index in [-0.39, 0.29) is 28.8 Å². The van der Waals surface area contributed by atoms with Gasteiger partial charge in [-0.2, -0.15) is 0 Å². The summed E-state index contributed by atoms with van der Waals surface area (Å²) in [7, 11) is 2.95. The second kappa shape index (κ2) is 9.43. The van der Waals surface area contributed by atoms with Gasteiger partial charge in [0.2, 0.25) is 5.91 Å². The number of amides is 1. The fourth-order valence-electron chi connectivity index (χ4n) is 3.48. The predicted molar refractivity (Wildman–Crippen MR) is 123 cm³/mol. The molecule has 1 saturated heterocycles. The average Bonchev–Trinajstić information content (AvgIpc) is 3.32. The van der Waals surface area contributed by atoms with Gasteiger partial charge in [0.25, 0.3) is 5.56 Å². The van der Waals surface area contributed by atoms with E-state index in [9.17, 15) is 14.4 Å². The SMILES string of the molecule is Cn1c(=O)c2c(SCC(=O)NCC3CCCO3)nc(-c3ccc(Cl)cc3)nc2n(C)c1=O. The third kappa shape index (κ3) is 4.57. The van der Waals surface area contributed by atoms with Gasteiger partial charge in [-0.05, 0) is 37.1 Å². The summed E-state index contributed by atoms with van der Waals surface area (Å²) < 4.78 is 7.84. The zero-order chi connectivity index (χ0) is 22.8. The van der Waals surface area contributed by atoms with Gasteiger partial charge in [0.05, 0.1) is 11.9 Å². The Labute approximate surface area is 192 Å². The van der Waals surface area contributed by atoms with E-state index in [2.05, 4.69) is 15.3 Å². The molecule has 3 aromatic rings. The number of thioether (sulfide) groups is 1. The lowest BCUT2D eigenvalue weighted by molar-refractivity contribution is -0.119. The summed E-state index contributed by atoms with van der Waals surface area (Å²) >= 11 is 7.11. The van der Waals surface area contributed by atoms with Crippen molar-refractivity contribution in [3.05, 3.63) is 50.1 Å². The Hall–Kier alpha value is -2.69. The smallest absolute Gasteiger partial charge is 0.332 e. The molecule has 1 atom stereocenters. The molecule has 0 spiro atoms. The number of ether oxygens (including phenoxy) is 1. The fraction of sp³-hybridized carbons (Fsp3) is 0.381. The molecule has 9 nitrogen and oxygen atoms in total. The number of nitrogens with one attached hydrogen (secondary N) is 1. The van der Waals surface area contributed by atoms with Gasteiger partial charge < -0.3 is 10.1 Å². The second-order valence-corrected chi connectivity index (χ2v) is 8.89. The number of aryl methyl sites for hydroxylation is 1. The van der Waals surface area contributed by atoms with Crippen molar-refractivity contribution < 1.29 is 9.53 Å². The van der Waals surface area contributed by atoms with Crippen molar-refractivity contribution in [2.24, 2.45) is 14.1 Å². The van der Waals surface area contributed by atoms with Gasteiger partial charge in [-0.3, -0.25) is 18.7 Å². The molecule has 4 rings (SSSR count). The van der Waals surface area contributed by atoms with Crippen LogP contribution in [0.3, 0.4) is 0 Å². The van der Waals surface area contributed by atoms with E-state index in [0.717, 1.165) is 35.8 Å². The highest BCUT2D eigenvalue weighted by molar-refractivity contribution is 8.00. The molecule has 32 heavy (non-hydrogen) atoms. The first kappa shape index (κ1) is 22.5. The van der Waals surface area contributed by atoms with Crippen LogP contribution in [0.2, 0.25) is 5.02 Å². The van der Waals surface area contributed by atoms with Crippen molar-refractivity contribution in [1.29, 1.82) is 0 Å². The molecule has 168 valence electrons. The van der Waals surface area contributed by atoms with Gasteiger partial charge in [0.1, 0.15) is 10.4 Å². The lowest BCUT2D eigenvalue weighted by Gasteiger charge is -2.13. The van der Waals surface area contributed by atoms with Gasteiger partial charge in [-0.1, -0.05) is 23.4 Å². The van der Waals surface area contributed by atoms with Crippen LogP contribution in [0.1, 0.15) is 12.8 Å². The molecule has 1 N–H and O–H groups in total. The van der Waals surface area contributed by atoms with Crippen molar-refractivity contribution in [2.75, 3.05) is 18.9 Å². The van der Waals surface area contributed by atoms with Crippen LogP contribution in [-0.2, 0) is 23.6 Å². The highest BCUT2D eigenvalue weighted by atomic mass is 35.5. The van der Waals surface area contributed by atoms with Crippen LogP contribution in [0.5, 0.6) is 0 Å². The Morgan fingerprint density at radius 2 is 1.97 bits per heavy atom. The van der Waals surface area contributed by atoms with Crippen molar-refractivity contribution in [3.63, 3.8) is 0 Å². The number of carbonyl (C=O) groups excluding carboxylic acids is 1. The van der Waals surface area contributed by atoms with E-state index < -0.39 is 11.2 Å². The quantitative estimate of drug-likeness (QED) is 0.427. The molecule has 1 fully saturated rings. The number of hydrogen-bond donors (Lipinski definition) is 1. The first-order valence-electron chi connectivity index (χ1n) is 10.1. The number of nitrogens with zero attached hydrogens (tertiary/aromatic N) is 4. The first-order chi connectivity index (χ1) is 15.3. The van der Waals surface area contributed by atoms with E-state index in [1.165, 1.54) is 11.6 Å². The average molecular weight is 476 g/mol. The molecule has 1 amide bonds. The summed E-state index contributed by atoms with van der Waals surface area (Å²) in [5, 5.41) is 3.96. The number of halogens is 1. The number of hydrogen-bond acceptors (Lipinski definition) is 7. The highest BCUT2D eigenvalue weighted by Gasteiger charge is 2.20. The van der Waals surface area contributed by atoms with Crippen molar-refractivity contribution in [3.8, 4) is 11.4 Å².